The van der Waals surface area contributed by atoms with Crippen molar-refractivity contribution in [2.45, 2.75) is 52.2 Å². The highest BCUT2D eigenvalue weighted by Gasteiger charge is 2.29. The third-order valence-corrected chi connectivity index (χ3v) is 5.47. The first kappa shape index (κ1) is 23.6. The lowest BCUT2D eigenvalue weighted by Crippen LogP contribution is -2.43. The van der Waals surface area contributed by atoms with Gasteiger partial charge in [0.1, 0.15) is 12.2 Å². The van der Waals surface area contributed by atoms with Crippen LogP contribution in [0.15, 0.2) is 42.7 Å². The van der Waals surface area contributed by atoms with E-state index in [4.69, 9.17) is 9.47 Å². The van der Waals surface area contributed by atoms with Crippen LogP contribution < -0.4 is 0 Å². The maximum absolute atomic E-state index is 12.6. The van der Waals surface area contributed by atoms with Crippen molar-refractivity contribution in [3.05, 3.63) is 48.3 Å². The molecular formula is C24H33N3O5. The highest BCUT2D eigenvalue weighted by Crippen LogP contribution is 2.22. The van der Waals surface area contributed by atoms with Crippen LogP contribution in [0.25, 0.3) is 0 Å². The van der Waals surface area contributed by atoms with E-state index in [1.54, 1.807) is 22.2 Å². The SMILES string of the molecule is CC(C)(C)OC(=O)N1CCC(CN2C=CN(C(=O)OCc3ccccc3)CCC2=O)CC1. The van der Waals surface area contributed by atoms with Crippen LogP contribution in [0.1, 0.15) is 45.6 Å². The quantitative estimate of drug-likeness (QED) is 0.703. The van der Waals surface area contributed by atoms with Crippen LogP contribution in [-0.2, 0) is 20.9 Å². The van der Waals surface area contributed by atoms with Crippen LogP contribution in [-0.4, -0.2) is 64.6 Å². The molecule has 0 saturated carbocycles. The van der Waals surface area contributed by atoms with Crippen molar-refractivity contribution in [3.63, 3.8) is 0 Å². The van der Waals surface area contributed by atoms with Gasteiger partial charge in [-0.3, -0.25) is 9.69 Å². The molecule has 8 heteroatoms. The predicted molar refractivity (Wildman–Crippen MR) is 119 cm³/mol. The zero-order chi connectivity index (χ0) is 23.1. The fourth-order valence-electron chi connectivity index (χ4n) is 3.70. The molecule has 0 aliphatic carbocycles. The molecule has 0 aromatic heterocycles. The number of amides is 3. The number of piperidine rings is 1. The molecule has 2 aliphatic heterocycles. The Labute approximate surface area is 189 Å². The number of hydrogen-bond donors (Lipinski definition) is 0. The summed E-state index contributed by atoms with van der Waals surface area (Å²) in [5, 5.41) is 0. The zero-order valence-corrected chi connectivity index (χ0v) is 19.2. The van der Waals surface area contributed by atoms with E-state index in [9.17, 15) is 14.4 Å². The molecule has 1 aromatic carbocycles. The molecule has 0 atom stereocenters. The van der Waals surface area contributed by atoms with E-state index in [2.05, 4.69) is 0 Å². The Morgan fingerprint density at radius 3 is 2.34 bits per heavy atom. The minimum atomic E-state index is -0.509. The summed E-state index contributed by atoms with van der Waals surface area (Å²) in [5.41, 5.74) is 0.403. The number of ether oxygens (including phenoxy) is 2. The maximum Gasteiger partial charge on any atom is 0.414 e. The molecule has 0 radical (unpaired) electrons. The molecule has 3 amide bonds. The van der Waals surface area contributed by atoms with Gasteiger partial charge in [0.2, 0.25) is 5.91 Å². The van der Waals surface area contributed by atoms with Gasteiger partial charge in [-0.2, -0.15) is 0 Å². The van der Waals surface area contributed by atoms with Crippen molar-refractivity contribution in [2.24, 2.45) is 5.92 Å². The average Bonchev–Trinajstić information content (AvgIpc) is 2.94. The fraction of sp³-hybridized carbons (Fsp3) is 0.542. The second kappa shape index (κ2) is 10.5. The molecule has 0 N–H and O–H groups in total. The normalized spacial score (nSPS) is 17.8. The van der Waals surface area contributed by atoms with Crippen LogP contribution >= 0.6 is 0 Å². The molecule has 1 fully saturated rings. The smallest absolute Gasteiger partial charge is 0.414 e. The van der Waals surface area contributed by atoms with Crippen LogP contribution in [0.3, 0.4) is 0 Å². The number of hydrogen-bond acceptors (Lipinski definition) is 5. The summed E-state index contributed by atoms with van der Waals surface area (Å²) < 4.78 is 10.8. The molecule has 0 spiro atoms. The molecule has 174 valence electrons. The Balaban J connectivity index is 1.47. The van der Waals surface area contributed by atoms with Crippen molar-refractivity contribution < 1.29 is 23.9 Å². The number of carbonyl (C=O) groups is 3. The number of rotatable bonds is 4. The first-order chi connectivity index (χ1) is 15.2. The average molecular weight is 444 g/mol. The van der Waals surface area contributed by atoms with Crippen molar-refractivity contribution >= 4 is 18.1 Å². The predicted octanol–water partition coefficient (Wildman–Crippen LogP) is 3.98. The second-order valence-electron chi connectivity index (χ2n) is 9.24. The lowest BCUT2D eigenvalue weighted by Gasteiger charge is -2.34. The monoisotopic (exact) mass is 443 g/mol. The van der Waals surface area contributed by atoms with Gasteiger partial charge >= 0.3 is 12.2 Å². The second-order valence-corrected chi connectivity index (χ2v) is 9.24. The topological polar surface area (TPSA) is 79.4 Å². The van der Waals surface area contributed by atoms with Crippen molar-refractivity contribution in [1.29, 1.82) is 0 Å². The fourth-order valence-corrected chi connectivity index (χ4v) is 3.70. The summed E-state index contributed by atoms with van der Waals surface area (Å²) in [4.78, 5) is 42.1. The summed E-state index contributed by atoms with van der Waals surface area (Å²) in [6, 6.07) is 9.48. The Morgan fingerprint density at radius 2 is 1.69 bits per heavy atom. The van der Waals surface area contributed by atoms with Crippen LogP contribution in [0, 0.1) is 5.92 Å². The zero-order valence-electron chi connectivity index (χ0n) is 19.2. The number of carbonyl (C=O) groups excluding carboxylic acids is 3. The Morgan fingerprint density at radius 1 is 1.00 bits per heavy atom. The Bertz CT molecular complexity index is 826. The van der Waals surface area contributed by atoms with Crippen molar-refractivity contribution in [1.82, 2.24) is 14.7 Å². The van der Waals surface area contributed by atoms with Crippen LogP contribution in [0.5, 0.6) is 0 Å². The summed E-state index contributed by atoms with van der Waals surface area (Å²) in [6.07, 6.45) is 4.38. The molecule has 0 unspecified atom stereocenters. The van der Waals surface area contributed by atoms with Gasteiger partial charge < -0.3 is 19.3 Å². The van der Waals surface area contributed by atoms with Gasteiger partial charge in [0.25, 0.3) is 0 Å². The van der Waals surface area contributed by atoms with E-state index < -0.39 is 11.7 Å². The Kier molecular flexibility index (Phi) is 7.77. The molecule has 1 aromatic rings. The molecule has 8 nitrogen and oxygen atoms in total. The van der Waals surface area contributed by atoms with E-state index >= 15 is 0 Å². The molecule has 32 heavy (non-hydrogen) atoms. The van der Waals surface area contributed by atoms with E-state index in [0.717, 1.165) is 18.4 Å². The molecule has 0 bridgehead atoms. The van der Waals surface area contributed by atoms with Crippen LogP contribution in [0.4, 0.5) is 9.59 Å². The summed E-state index contributed by atoms with van der Waals surface area (Å²) in [6.45, 7) is 7.85. The molecule has 1 saturated heterocycles. The van der Waals surface area contributed by atoms with Gasteiger partial charge in [-0.15, -0.1) is 0 Å². The summed E-state index contributed by atoms with van der Waals surface area (Å²) >= 11 is 0. The van der Waals surface area contributed by atoms with E-state index in [1.165, 1.54) is 4.90 Å². The molecule has 2 heterocycles. The van der Waals surface area contributed by atoms with Gasteiger partial charge in [0.05, 0.1) is 0 Å². The molecule has 3 rings (SSSR count). The number of benzene rings is 1. The molecular weight excluding hydrogens is 410 g/mol. The summed E-state index contributed by atoms with van der Waals surface area (Å²) in [7, 11) is 0. The van der Waals surface area contributed by atoms with Gasteiger partial charge in [0, 0.05) is 45.0 Å². The molecule has 2 aliphatic rings. The Hall–Kier alpha value is -3.03. The minimum Gasteiger partial charge on any atom is -0.444 e. The van der Waals surface area contributed by atoms with Gasteiger partial charge in [-0.1, -0.05) is 30.3 Å². The summed E-state index contributed by atoms with van der Waals surface area (Å²) in [5.74, 6) is 0.271. The van der Waals surface area contributed by atoms with E-state index in [1.807, 2.05) is 51.1 Å². The van der Waals surface area contributed by atoms with Gasteiger partial charge in [-0.05, 0) is 45.1 Å². The van der Waals surface area contributed by atoms with Gasteiger partial charge in [-0.25, -0.2) is 9.59 Å². The highest BCUT2D eigenvalue weighted by atomic mass is 16.6. The van der Waals surface area contributed by atoms with Crippen LogP contribution in [0.2, 0.25) is 0 Å². The lowest BCUT2D eigenvalue weighted by molar-refractivity contribution is -0.129. The van der Waals surface area contributed by atoms with Crippen molar-refractivity contribution in [2.75, 3.05) is 26.2 Å². The van der Waals surface area contributed by atoms with Gasteiger partial charge in [0.15, 0.2) is 0 Å². The van der Waals surface area contributed by atoms with E-state index in [0.29, 0.717) is 25.6 Å². The minimum absolute atomic E-state index is 0.0193. The third kappa shape index (κ3) is 7.00. The third-order valence-electron chi connectivity index (χ3n) is 5.47. The first-order valence-corrected chi connectivity index (χ1v) is 11.1. The highest BCUT2D eigenvalue weighted by molar-refractivity contribution is 5.79. The number of likely N-dealkylation sites (tertiary alicyclic amines) is 1. The lowest BCUT2D eigenvalue weighted by atomic mass is 9.96. The van der Waals surface area contributed by atoms with Crippen molar-refractivity contribution in [3.8, 4) is 0 Å². The maximum atomic E-state index is 12.6. The largest absolute Gasteiger partial charge is 0.444 e. The first-order valence-electron chi connectivity index (χ1n) is 11.1. The standard InChI is InChI=1S/C24H33N3O5/c1-24(2,3)32-23(30)25-12-9-19(10-13-25)17-27-16-15-26(14-11-21(27)28)22(29)31-18-20-7-5-4-6-8-20/h4-8,15-16,19H,9-14,17-18H2,1-3H3. The van der Waals surface area contributed by atoms with E-state index in [-0.39, 0.29) is 31.6 Å². The number of nitrogens with zero attached hydrogens (tertiary/aromatic N) is 3.